The number of nitrogens with one attached hydrogen (secondary N) is 1. The van der Waals surface area contributed by atoms with Crippen molar-refractivity contribution < 1.29 is 9.21 Å². The van der Waals surface area contributed by atoms with E-state index in [4.69, 9.17) is 4.42 Å². The molecule has 2 saturated heterocycles. The number of nitrogens with zero attached hydrogens (tertiary/aromatic N) is 2. The predicted molar refractivity (Wildman–Crippen MR) is 107 cm³/mol. The van der Waals surface area contributed by atoms with E-state index in [1.54, 1.807) is 0 Å². The zero-order valence-electron chi connectivity index (χ0n) is 16.0. The van der Waals surface area contributed by atoms with Crippen molar-refractivity contribution in [2.45, 2.75) is 69.5 Å². The highest BCUT2D eigenvalue weighted by Crippen LogP contribution is 2.47. The molecular formula is C21H28ClN3O2. The number of benzene rings is 1. The van der Waals surface area contributed by atoms with Crippen LogP contribution < -0.4 is 5.32 Å². The van der Waals surface area contributed by atoms with Crippen molar-refractivity contribution in [2.24, 2.45) is 5.92 Å². The molecule has 0 spiro atoms. The Labute approximate surface area is 166 Å². The molecule has 4 unspecified atom stereocenters. The van der Waals surface area contributed by atoms with Gasteiger partial charge in [0.15, 0.2) is 11.5 Å². The standard InChI is InChI=1S/C21H27N3O2.ClH/c1-12-9-17(12)21-23-19-16(7-4-8-18(19)26-21)20(25)22-13-10-14-5-3-6-15(11-13)24(14)2;/h4,7-8,12-15,17H,3,5-6,9-11H2,1-2H3,(H,22,25);1H. The molecule has 0 radical (unpaired) electrons. The summed E-state index contributed by atoms with van der Waals surface area (Å²) in [6, 6.07) is 7.16. The number of hydrogen-bond donors (Lipinski definition) is 1. The molecule has 3 aliphatic rings. The summed E-state index contributed by atoms with van der Waals surface area (Å²) >= 11 is 0. The lowest BCUT2D eigenvalue weighted by Gasteiger charge is -2.47. The second-order valence-corrected chi connectivity index (χ2v) is 8.57. The Hall–Kier alpha value is -1.59. The SMILES string of the molecule is CC1CC1c1nc2c(C(=O)NC3CC4CCCC(C3)N4C)cccc2o1.Cl. The maximum absolute atomic E-state index is 13.0. The van der Waals surface area contributed by atoms with Crippen LogP contribution in [0.2, 0.25) is 0 Å². The van der Waals surface area contributed by atoms with Gasteiger partial charge in [-0.1, -0.05) is 19.4 Å². The van der Waals surface area contributed by atoms with Crippen molar-refractivity contribution in [1.82, 2.24) is 15.2 Å². The molecule has 146 valence electrons. The Bertz CT molecular complexity index is 837. The molecule has 2 aromatic rings. The minimum Gasteiger partial charge on any atom is -0.440 e. The van der Waals surface area contributed by atoms with Crippen LogP contribution in [-0.4, -0.2) is 41.0 Å². The average Bonchev–Trinajstić information content (AvgIpc) is 3.17. The molecule has 4 atom stereocenters. The Kier molecular flexibility index (Phi) is 4.93. The van der Waals surface area contributed by atoms with E-state index in [-0.39, 0.29) is 24.4 Å². The lowest BCUT2D eigenvalue weighted by atomic mass is 9.82. The van der Waals surface area contributed by atoms with Crippen LogP contribution >= 0.6 is 12.4 Å². The Morgan fingerprint density at radius 2 is 1.93 bits per heavy atom. The van der Waals surface area contributed by atoms with Crippen molar-refractivity contribution >= 4 is 29.4 Å². The van der Waals surface area contributed by atoms with Crippen LogP contribution in [-0.2, 0) is 0 Å². The minimum atomic E-state index is -0.00748. The Morgan fingerprint density at radius 3 is 2.59 bits per heavy atom. The highest BCUT2D eigenvalue weighted by Gasteiger charge is 2.39. The highest BCUT2D eigenvalue weighted by molar-refractivity contribution is 6.04. The summed E-state index contributed by atoms with van der Waals surface area (Å²) in [5.41, 5.74) is 2.09. The molecule has 1 aromatic carbocycles. The number of carbonyl (C=O) groups is 1. The predicted octanol–water partition coefficient (Wildman–Crippen LogP) is 4.12. The summed E-state index contributed by atoms with van der Waals surface area (Å²) in [4.78, 5) is 20.2. The second-order valence-electron chi connectivity index (χ2n) is 8.57. The van der Waals surface area contributed by atoms with Gasteiger partial charge in [-0.25, -0.2) is 4.98 Å². The summed E-state index contributed by atoms with van der Waals surface area (Å²) in [6.45, 7) is 2.21. The van der Waals surface area contributed by atoms with Crippen LogP contribution in [0.25, 0.3) is 11.1 Å². The van der Waals surface area contributed by atoms with E-state index < -0.39 is 0 Å². The zero-order chi connectivity index (χ0) is 17.8. The normalized spacial score (nSPS) is 32.7. The van der Waals surface area contributed by atoms with Crippen molar-refractivity contribution in [1.29, 1.82) is 0 Å². The summed E-state index contributed by atoms with van der Waals surface area (Å²) in [5, 5.41) is 3.29. The van der Waals surface area contributed by atoms with Gasteiger partial charge in [0, 0.05) is 24.0 Å². The zero-order valence-corrected chi connectivity index (χ0v) is 16.8. The van der Waals surface area contributed by atoms with Gasteiger partial charge in [0.25, 0.3) is 5.91 Å². The molecule has 1 aliphatic carbocycles. The number of halogens is 1. The fourth-order valence-corrected chi connectivity index (χ4v) is 4.97. The molecule has 5 rings (SSSR count). The number of para-hydroxylation sites is 1. The van der Waals surface area contributed by atoms with Crippen LogP contribution in [0.4, 0.5) is 0 Å². The first kappa shape index (κ1) is 18.8. The van der Waals surface area contributed by atoms with Crippen LogP contribution in [0.1, 0.15) is 67.6 Å². The maximum Gasteiger partial charge on any atom is 0.253 e. The smallest absolute Gasteiger partial charge is 0.253 e. The number of aromatic nitrogens is 1. The molecule has 5 nitrogen and oxygen atoms in total. The average molecular weight is 390 g/mol. The van der Waals surface area contributed by atoms with Gasteiger partial charge in [-0.15, -0.1) is 12.4 Å². The van der Waals surface area contributed by atoms with Crippen molar-refractivity contribution in [3.8, 4) is 0 Å². The molecule has 3 heterocycles. The van der Waals surface area contributed by atoms with Crippen molar-refractivity contribution in [2.75, 3.05) is 7.05 Å². The third kappa shape index (κ3) is 3.36. The molecule has 1 amide bonds. The van der Waals surface area contributed by atoms with E-state index in [9.17, 15) is 4.79 Å². The van der Waals surface area contributed by atoms with Gasteiger partial charge in [0.2, 0.25) is 0 Å². The molecule has 1 saturated carbocycles. The largest absolute Gasteiger partial charge is 0.440 e. The van der Waals surface area contributed by atoms with Gasteiger partial charge in [-0.3, -0.25) is 4.79 Å². The molecule has 27 heavy (non-hydrogen) atoms. The van der Waals surface area contributed by atoms with E-state index in [2.05, 4.69) is 29.2 Å². The van der Waals surface area contributed by atoms with Gasteiger partial charge < -0.3 is 14.6 Å². The lowest BCUT2D eigenvalue weighted by Crippen LogP contribution is -2.55. The van der Waals surface area contributed by atoms with E-state index in [0.29, 0.717) is 35.0 Å². The third-order valence-corrected chi connectivity index (χ3v) is 6.78. The van der Waals surface area contributed by atoms with Gasteiger partial charge in [0.1, 0.15) is 5.52 Å². The van der Waals surface area contributed by atoms with Crippen LogP contribution in [0.3, 0.4) is 0 Å². The van der Waals surface area contributed by atoms with Crippen LogP contribution in [0.5, 0.6) is 0 Å². The summed E-state index contributed by atoms with van der Waals surface area (Å²) in [5.74, 6) is 1.85. The third-order valence-electron chi connectivity index (χ3n) is 6.78. The maximum atomic E-state index is 13.0. The second kappa shape index (κ2) is 7.10. The fraction of sp³-hybridized carbons (Fsp3) is 0.619. The van der Waals surface area contributed by atoms with Gasteiger partial charge in [-0.2, -0.15) is 0 Å². The van der Waals surface area contributed by atoms with E-state index in [1.807, 2.05) is 18.2 Å². The summed E-state index contributed by atoms with van der Waals surface area (Å²) < 4.78 is 5.92. The highest BCUT2D eigenvalue weighted by atomic mass is 35.5. The lowest BCUT2D eigenvalue weighted by molar-refractivity contribution is 0.0463. The van der Waals surface area contributed by atoms with Gasteiger partial charge >= 0.3 is 0 Å². The number of amides is 1. The van der Waals surface area contributed by atoms with E-state index in [0.717, 1.165) is 30.7 Å². The number of hydrogen-bond acceptors (Lipinski definition) is 4. The monoisotopic (exact) mass is 389 g/mol. The van der Waals surface area contributed by atoms with Crippen LogP contribution in [0.15, 0.2) is 22.6 Å². The minimum absolute atomic E-state index is 0. The van der Waals surface area contributed by atoms with Gasteiger partial charge in [-0.05, 0) is 57.2 Å². The first-order valence-electron chi connectivity index (χ1n) is 10.0. The van der Waals surface area contributed by atoms with Crippen molar-refractivity contribution in [3.05, 3.63) is 29.7 Å². The van der Waals surface area contributed by atoms with Crippen molar-refractivity contribution in [3.63, 3.8) is 0 Å². The number of oxazole rings is 1. The molecular weight excluding hydrogens is 362 g/mol. The number of piperidine rings is 2. The molecule has 2 bridgehead atoms. The topological polar surface area (TPSA) is 58.4 Å². The Balaban J connectivity index is 0.00000180. The summed E-state index contributed by atoms with van der Waals surface area (Å²) in [6.07, 6.45) is 7.06. The first-order valence-corrected chi connectivity index (χ1v) is 10.0. The summed E-state index contributed by atoms with van der Waals surface area (Å²) in [7, 11) is 2.24. The number of fused-ring (bicyclic) bond motifs is 3. The fourth-order valence-electron chi connectivity index (χ4n) is 4.97. The molecule has 2 aliphatic heterocycles. The van der Waals surface area contributed by atoms with Gasteiger partial charge in [0.05, 0.1) is 5.56 Å². The number of carbonyl (C=O) groups excluding carboxylic acids is 1. The molecule has 1 N–H and O–H groups in total. The quantitative estimate of drug-likeness (QED) is 0.857. The molecule has 1 aromatic heterocycles. The molecule has 6 heteroatoms. The van der Waals surface area contributed by atoms with E-state index >= 15 is 0 Å². The first-order chi connectivity index (χ1) is 12.6. The number of rotatable bonds is 3. The Morgan fingerprint density at radius 1 is 1.22 bits per heavy atom. The molecule has 3 fully saturated rings. The van der Waals surface area contributed by atoms with Crippen LogP contribution in [0, 0.1) is 5.92 Å². The van der Waals surface area contributed by atoms with E-state index in [1.165, 1.54) is 19.3 Å².